The van der Waals surface area contributed by atoms with Crippen molar-refractivity contribution in [1.29, 1.82) is 0 Å². The standard InChI is InChI=1S/C14H21N3/c15-11-4-6-12(7-5-11)17-13-8-3-10-2-1-9-16-14(10)13/h1-2,9,11-13,17H,3-8,15H2. The summed E-state index contributed by atoms with van der Waals surface area (Å²) in [6, 6.07) is 5.81. The van der Waals surface area contributed by atoms with E-state index in [1.54, 1.807) is 0 Å². The molecule has 1 atom stereocenters. The molecule has 0 aliphatic heterocycles. The molecule has 1 aromatic heterocycles. The Bertz CT molecular complexity index is 383. The minimum absolute atomic E-state index is 0.432. The number of nitrogens with one attached hydrogen (secondary N) is 1. The van der Waals surface area contributed by atoms with E-state index in [2.05, 4.69) is 16.4 Å². The van der Waals surface area contributed by atoms with Crippen LogP contribution in [0.3, 0.4) is 0 Å². The summed E-state index contributed by atoms with van der Waals surface area (Å²) in [4.78, 5) is 4.53. The minimum Gasteiger partial charge on any atom is -0.328 e. The second kappa shape index (κ2) is 4.75. The fraction of sp³-hybridized carbons (Fsp3) is 0.643. The summed E-state index contributed by atoms with van der Waals surface area (Å²) in [5, 5.41) is 3.78. The van der Waals surface area contributed by atoms with E-state index >= 15 is 0 Å². The van der Waals surface area contributed by atoms with Gasteiger partial charge >= 0.3 is 0 Å². The zero-order chi connectivity index (χ0) is 11.7. The van der Waals surface area contributed by atoms with Gasteiger partial charge in [0, 0.05) is 18.3 Å². The molecule has 1 aromatic rings. The lowest BCUT2D eigenvalue weighted by atomic mass is 9.91. The molecule has 3 heteroatoms. The largest absolute Gasteiger partial charge is 0.328 e. The Labute approximate surface area is 103 Å². The van der Waals surface area contributed by atoms with Crippen LogP contribution in [0, 0.1) is 0 Å². The summed E-state index contributed by atoms with van der Waals surface area (Å²) in [6.45, 7) is 0. The molecule has 2 aliphatic carbocycles. The summed E-state index contributed by atoms with van der Waals surface area (Å²) in [5.74, 6) is 0. The first-order valence-corrected chi connectivity index (χ1v) is 6.78. The van der Waals surface area contributed by atoms with Gasteiger partial charge in [-0.1, -0.05) is 6.07 Å². The summed E-state index contributed by atoms with van der Waals surface area (Å²) >= 11 is 0. The van der Waals surface area contributed by atoms with Crippen molar-refractivity contribution in [3.8, 4) is 0 Å². The van der Waals surface area contributed by atoms with E-state index in [4.69, 9.17) is 5.73 Å². The molecule has 0 saturated heterocycles. The molecule has 3 nitrogen and oxygen atoms in total. The first-order chi connectivity index (χ1) is 8.33. The Balaban J connectivity index is 1.64. The zero-order valence-corrected chi connectivity index (χ0v) is 10.2. The number of fused-ring (bicyclic) bond motifs is 1. The molecule has 0 radical (unpaired) electrons. The van der Waals surface area contributed by atoms with Crippen LogP contribution in [0.1, 0.15) is 49.4 Å². The van der Waals surface area contributed by atoms with Crippen molar-refractivity contribution in [2.24, 2.45) is 5.73 Å². The highest BCUT2D eigenvalue weighted by Gasteiger charge is 2.27. The van der Waals surface area contributed by atoms with Crippen molar-refractivity contribution in [2.45, 2.75) is 56.7 Å². The normalized spacial score (nSPS) is 32.4. The van der Waals surface area contributed by atoms with Gasteiger partial charge in [-0.15, -0.1) is 0 Å². The van der Waals surface area contributed by atoms with Crippen LogP contribution in [0.15, 0.2) is 18.3 Å². The van der Waals surface area contributed by atoms with Crippen LogP contribution in [0.5, 0.6) is 0 Å². The first kappa shape index (κ1) is 11.2. The van der Waals surface area contributed by atoms with E-state index in [0.717, 1.165) is 0 Å². The molecule has 1 fully saturated rings. The van der Waals surface area contributed by atoms with Gasteiger partial charge < -0.3 is 11.1 Å². The molecular formula is C14H21N3. The topological polar surface area (TPSA) is 50.9 Å². The van der Waals surface area contributed by atoms with Gasteiger partial charge in [0.1, 0.15) is 0 Å². The van der Waals surface area contributed by atoms with Crippen LogP contribution >= 0.6 is 0 Å². The lowest BCUT2D eigenvalue weighted by Gasteiger charge is -2.29. The predicted octanol–water partition coefficient (Wildman–Crippen LogP) is 1.93. The SMILES string of the molecule is NC1CCC(NC2CCc3cccnc32)CC1. The molecular weight excluding hydrogens is 210 g/mol. The van der Waals surface area contributed by atoms with E-state index in [1.807, 2.05) is 12.3 Å². The molecule has 0 amide bonds. The van der Waals surface area contributed by atoms with Crippen molar-refractivity contribution in [1.82, 2.24) is 10.3 Å². The van der Waals surface area contributed by atoms with Gasteiger partial charge in [-0.3, -0.25) is 4.98 Å². The third kappa shape index (κ3) is 2.35. The second-order valence-electron chi connectivity index (χ2n) is 5.42. The summed E-state index contributed by atoms with van der Waals surface area (Å²) in [5.41, 5.74) is 8.65. The van der Waals surface area contributed by atoms with E-state index in [9.17, 15) is 0 Å². The highest BCUT2D eigenvalue weighted by molar-refractivity contribution is 5.28. The highest BCUT2D eigenvalue weighted by Crippen LogP contribution is 2.30. The predicted molar refractivity (Wildman–Crippen MR) is 68.7 cm³/mol. The van der Waals surface area contributed by atoms with E-state index in [-0.39, 0.29) is 0 Å². The highest BCUT2D eigenvalue weighted by atomic mass is 15.0. The molecule has 0 spiro atoms. The average molecular weight is 231 g/mol. The van der Waals surface area contributed by atoms with Gasteiger partial charge in [0.2, 0.25) is 0 Å². The van der Waals surface area contributed by atoms with Crippen LogP contribution in [-0.2, 0) is 6.42 Å². The molecule has 2 aliphatic rings. The van der Waals surface area contributed by atoms with Gasteiger partial charge in [-0.2, -0.15) is 0 Å². The van der Waals surface area contributed by atoms with E-state index < -0.39 is 0 Å². The molecule has 1 saturated carbocycles. The molecule has 3 N–H and O–H groups in total. The Morgan fingerprint density at radius 3 is 2.82 bits per heavy atom. The van der Waals surface area contributed by atoms with Crippen LogP contribution in [0.4, 0.5) is 0 Å². The van der Waals surface area contributed by atoms with Crippen molar-refractivity contribution >= 4 is 0 Å². The maximum absolute atomic E-state index is 5.94. The van der Waals surface area contributed by atoms with Crippen LogP contribution < -0.4 is 11.1 Å². The number of rotatable bonds is 2. The Hall–Kier alpha value is -0.930. The smallest absolute Gasteiger partial charge is 0.0605 e. The van der Waals surface area contributed by atoms with Gasteiger partial charge in [-0.25, -0.2) is 0 Å². The lowest BCUT2D eigenvalue weighted by Crippen LogP contribution is -2.38. The zero-order valence-electron chi connectivity index (χ0n) is 10.2. The van der Waals surface area contributed by atoms with Gasteiger partial charge in [0.05, 0.1) is 11.7 Å². The maximum atomic E-state index is 5.94. The molecule has 92 valence electrons. The molecule has 1 heterocycles. The lowest BCUT2D eigenvalue weighted by molar-refractivity contribution is 0.313. The maximum Gasteiger partial charge on any atom is 0.0605 e. The number of hydrogen-bond donors (Lipinski definition) is 2. The van der Waals surface area contributed by atoms with E-state index in [1.165, 1.54) is 49.8 Å². The van der Waals surface area contributed by atoms with Gasteiger partial charge in [0.15, 0.2) is 0 Å². The summed E-state index contributed by atoms with van der Waals surface area (Å²) in [7, 11) is 0. The van der Waals surface area contributed by atoms with Crippen LogP contribution in [0.25, 0.3) is 0 Å². The first-order valence-electron chi connectivity index (χ1n) is 6.78. The minimum atomic E-state index is 0.432. The van der Waals surface area contributed by atoms with Gasteiger partial charge in [-0.05, 0) is 50.2 Å². The van der Waals surface area contributed by atoms with Crippen LogP contribution in [0.2, 0.25) is 0 Å². The Morgan fingerprint density at radius 1 is 1.18 bits per heavy atom. The Morgan fingerprint density at radius 2 is 2.00 bits per heavy atom. The number of hydrogen-bond acceptors (Lipinski definition) is 3. The van der Waals surface area contributed by atoms with Crippen molar-refractivity contribution in [2.75, 3.05) is 0 Å². The quantitative estimate of drug-likeness (QED) is 0.817. The van der Waals surface area contributed by atoms with Crippen molar-refractivity contribution < 1.29 is 0 Å². The van der Waals surface area contributed by atoms with Gasteiger partial charge in [0.25, 0.3) is 0 Å². The number of pyridine rings is 1. The Kier molecular flexibility index (Phi) is 3.12. The molecule has 0 aromatic carbocycles. The molecule has 3 rings (SSSR count). The molecule has 1 unspecified atom stereocenters. The average Bonchev–Trinajstić information content (AvgIpc) is 2.76. The number of aromatic nitrogens is 1. The number of nitrogens with zero attached hydrogens (tertiary/aromatic N) is 1. The monoisotopic (exact) mass is 231 g/mol. The summed E-state index contributed by atoms with van der Waals surface area (Å²) < 4.78 is 0. The summed E-state index contributed by atoms with van der Waals surface area (Å²) in [6.07, 6.45) is 9.07. The third-order valence-corrected chi connectivity index (χ3v) is 4.17. The fourth-order valence-electron chi connectivity index (χ4n) is 3.15. The third-order valence-electron chi connectivity index (χ3n) is 4.17. The molecule has 17 heavy (non-hydrogen) atoms. The van der Waals surface area contributed by atoms with E-state index in [0.29, 0.717) is 18.1 Å². The number of aryl methyl sites for hydroxylation is 1. The second-order valence-corrected chi connectivity index (χ2v) is 5.42. The fourth-order valence-corrected chi connectivity index (χ4v) is 3.15. The van der Waals surface area contributed by atoms with Crippen LogP contribution in [-0.4, -0.2) is 17.1 Å². The van der Waals surface area contributed by atoms with Crippen molar-refractivity contribution in [3.63, 3.8) is 0 Å². The van der Waals surface area contributed by atoms with Crippen molar-refractivity contribution in [3.05, 3.63) is 29.6 Å². The molecule has 0 bridgehead atoms. The number of nitrogens with two attached hydrogens (primary N) is 1.